The number of halogens is 2. The van der Waals surface area contributed by atoms with E-state index in [-0.39, 0.29) is 11.5 Å². The third-order valence-corrected chi connectivity index (χ3v) is 4.99. The van der Waals surface area contributed by atoms with Crippen LogP contribution < -0.4 is 10.5 Å². The third-order valence-electron chi connectivity index (χ3n) is 4.49. The van der Waals surface area contributed by atoms with Gasteiger partial charge in [0.15, 0.2) is 5.58 Å². The van der Waals surface area contributed by atoms with Crippen LogP contribution in [0, 0.1) is 0 Å². The van der Waals surface area contributed by atoms with Crippen molar-refractivity contribution < 1.29 is 8.83 Å². The van der Waals surface area contributed by atoms with E-state index in [4.69, 9.17) is 32.0 Å². The number of hydrogen-bond acceptors (Lipinski definition) is 5. The minimum absolute atomic E-state index is 0.151. The van der Waals surface area contributed by atoms with Crippen LogP contribution in [0.4, 0.5) is 5.69 Å². The van der Waals surface area contributed by atoms with Crippen LogP contribution in [0.15, 0.2) is 50.0 Å². The number of aromatic nitrogens is 1. The third kappa shape index (κ3) is 3.17. The summed E-state index contributed by atoms with van der Waals surface area (Å²) < 4.78 is 11.2. The molecule has 0 aliphatic carbocycles. The predicted octanol–water partition coefficient (Wildman–Crippen LogP) is 5.75. The van der Waals surface area contributed by atoms with Gasteiger partial charge in [0, 0.05) is 35.3 Å². The number of anilines is 1. The molecule has 2 aromatic carbocycles. The second-order valence-electron chi connectivity index (χ2n) is 6.10. The molecule has 0 radical (unpaired) electrons. The normalized spacial score (nSPS) is 11.4. The second kappa shape index (κ2) is 6.91. The van der Waals surface area contributed by atoms with Gasteiger partial charge in [-0.3, -0.25) is 0 Å². The molecule has 2 heterocycles. The maximum Gasteiger partial charge on any atom is 0.349 e. The number of benzene rings is 2. The zero-order valence-electron chi connectivity index (χ0n) is 14.8. The zero-order valence-corrected chi connectivity index (χ0v) is 16.3. The van der Waals surface area contributed by atoms with Crippen LogP contribution in [0.2, 0.25) is 10.0 Å². The molecule has 0 aliphatic heterocycles. The monoisotopic (exact) mass is 402 g/mol. The molecule has 0 saturated heterocycles. The molecule has 0 bridgehead atoms. The Hall–Kier alpha value is -2.50. The SMILES string of the molecule is CCN(CC)c1ccc2cc(-c3nc4cc(Cl)cc(Cl)c4o3)c(=O)oc2c1. The maximum absolute atomic E-state index is 12.5. The molecule has 5 nitrogen and oxygen atoms in total. The van der Waals surface area contributed by atoms with E-state index in [1.165, 1.54) is 0 Å². The fourth-order valence-corrected chi connectivity index (χ4v) is 3.63. The summed E-state index contributed by atoms with van der Waals surface area (Å²) in [5, 5.41) is 1.57. The average Bonchev–Trinajstić information content (AvgIpc) is 3.06. The van der Waals surface area contributed by atoms with Crippen LogP contribution in [0.25, 0.3) is 33.5 Å². The van der Waals surface area contributed by atoms with Gasteiger partial charge in [0.2, 0.25) is 5.89 Å². The Balaban J connectivity index is 1.85. The van der Waals surface area contributed by atoms with Gasteiger partial charge in [0.1, 0.15) is 16.7 Å². The topological polar surface area (TPSA) is 59.5 Å². The first-order valence-corrected chi connectivity index (χ1v) is 9.34. The Labute approximate surface area is 165 Å². The highest BCUT2D eigenvalue weighted by atomic mass is 35.5. The molecule has 0 spiro atoms. The summed E-state index contributed by atoms with van der Waals surface area (Å²) in [5.74, 6) is 0.151. The smallest absolute Gasteiger partial charge is 0.349 e. The Morgan fingerprint density at radius 2 is 1.81 bits per heavy atom. The summed E-state index contributed by atoms with van der Waals surface area (Å²) in [6.45, 7) is 5.91. The number of rotatable bonds is 4. The van der Waals surface area contributed by atoms with E-state index < -0.39 is 5.63 Å². The molecule has 0 aliphatic rings. The minimum atomic E-state index is -0.520. The minimum Gasteiger partial charge on any atom is -0.434 e. The van der Waals surface area contributed by atoms with Crippen molar-refractivity contribution in [1.29, 1.82) is 0 Å². The van der Waals surface area contributed by atoms with Crippen molar-refractivity contribution in [3.05, 3.63) is 56.9 Å². The lowest BCUT2D eigenvalue weighted by molar-refractivity contribution is 0.553. The molecule has 27 heavy (non-hydrogen) atoms. The van der Waals surface area contributed by atoms with Crippen molar-refractivity contribution in [3.63, 3.8) is 0 Å². The van der Waals surface area contributed by atoms with Crippen molar-refractivity contribution in [3.8, 4) is 11.5 Å². The van der Waals surface area contributed by atoms with Gasteiger partial charge in [-0.05, 0) is 44.2 Å². The van der Waals surface area contributed by atoms with Gasteiger partial charge in [-0.15, -0.1) is 0 Å². The standard InChI is InChI=1S/C20H16Cl2N2O3/c1-3-24(4-2)13-6-5-11-7-14(20(25)26-17(11)10-13)19-23-16-9-12(21)8-15(22)18(16)27-19/h5-10H,3-4H2,1-2H3. The Morgan fingerprint density at radius 1 is 1.04 bits per heavy atom. The molecule has 0 unspecified atom stereocenters. The van der Waals surface area contributed by atoms with Crippen LogP contribution in [0.5, 0.6) is 0 Å². The lowest BCUT2D eigenvalue weighted by atomic mass is 10.1. The lowest BCUT2D eigenvalue weighted by Gasteiger charge is -2.20. The Kier molecular flexibility index (Phi) is 4.58. The number of fused-ring (bicyclic) bond motifs is 2. The summed E-state index contributed by atoms with van der Waals surface area (Å²) >= 11 is 12.2. The highest BCUT2D eigenvalue weighted by Crippen LogP contribution is 2.32. The summed E-state index contributed by atoms with van der Waals surface area (Å²) in [7, 11) is 0. The molecule has 0 N–H and O–H groups in total. The van der Waals surface area contributed by atoms with Gasteiger partial charge in [0.05, 0.1) is 5.02 Å². The van der Waals surface area contributed by atoms with Crippen molar-refractivity contribution in [2.24, 2.45) is 0 Å². The lowest BCUT2D eigenvalue weighted by Crippen LogP contribution is -2.21. The molecular weight excluding hydrogens is 387 g/mol. The second-order valence-corrected chi connectivity index (χ2v) is 6.94. The molecule has 2 aromatic heterocycles. The molecule has 0 amide bonds. The largest absolute Gasteiger partial charge is 0.434 e. The highest BCUT2D eigenvalue weighted by Gasteiger charge is 2.17. The number of hydrogen-bond donors (Lipinski definition) is 0. The Morgan fingerprint density at radius 3 is 2.56 bits per heavy atom. The van der Waals surface area contributed by atoms with Crippen LogP contribution in [0.1, 0.15) is 13.8 Å². The number of oxazole rings is 1. The molecule has 4 rings (SSSR count). The van der Waals surface area contributed by atoms with Gasteiger partial charge < -0.3 is 13.7 Å². The van der Waals surface area contributed by atoms with Crippen LogP contribution >= 0.6 is 23.2 Å². The molecule has 4 aromatic rings. The molecular formula is C20H16Cl2N2O3. The van der Waals surface area contributed by atoms with Gasteiger partial charge in [-0.1, -0.05) is 23.2 Å². The summed E-state index contributed by atoms with van der Waals surface area (Å²) in [6, 6.07) is 10.7. The van der Waals surface area contributed by atoms with E-state index in [2.05, 4.69) is 23.7 Å². The van der Waals surface area contributed by atoms with Crippen molar-refractivity contribution >= 4 is 51.0 Å². The first-order chi connectivity index (χ1) is 13.0. The summed E-state index contributed by atoms with van der Waals surface area (Å²) in [4.78, 5) is 19.1. The first kappa shape index (κ1) is 17.9. The van der Waals surface area contributed by atoms with Gasteiger partial charge in [0.25, 0.3) is 0 Å². The van der Waals surface area contributed by atoms with Crippen molar-refractivity contribution in [2.45, 2.75) is 13.8 Å². The predicted molar refractivity (Wildman–Crippen MR) is 109 cm³/mol. The van der Waals surface area contributed by atoms with E-state index in [9.17, 15) is 4.79 Å². The number of nitrogens with zero attached hydrogens (tertiary/aromatic N) is 2. The molecule has 7 heteroatoms. The zero-order chi connectivity index (χ0) is 19.1. The van der Waals surface area contributed by atoms with Crippen LogP contribution in [0.3, 0.4) is 0 Å². The van der Waals surface area contributed by atoms with Crippen molar-refractivity contribution in [1.82, 2.24) is 4.98 Å². The fraction of sp³-hybridized carbons (Fsp3) is 0.200. The van der Waals surface area contributed by atoms with Crippen molar-refractivity contribution in [2.75, 3.05) is 18.0 Å². The van der Waals surface area contributed by atoms with E-state index in [1.807, 2.05) is 18.2 Å². The van der Waals surface area contributed by atoms with E-state index in [0.29, 0.717) is 26.7 Å². The van der Waals surface area contributed by atoms with E-state index in [1.54, 1.807) is 18.2 Å². The average molecular weight is 403 g/mol. The first-order valence-electron chi connectivity index (χ1n) is 8.59. The summed E-state index contributed by atoms with van der Waals surface area (Å²) in [6.07, 6.45) is 0. The van der Waals surface area contributed by atoms with Crippen LogP contribution in [-0.4, -0.2) is 18.1 Å². The molecule has 0 atom stereocenters. The quantitative estimate of drug-likeness (QED) is 0.406. The van der Waals surface area contributed by atoms with Gasteiger partial charge >= 0.3 is 5.63 Å². The molecule has 0 saturated carbocycles. The van der Waals surface area contributed by atoms with Gasteiger partial charge in [-0.2, -0.15) is 0 Å². The van der Waals surface area contributed by atoms with Crippen LogP contribution in [-0.2, 0) is 0 Å². The molecule has 0 fully saturated rings. The fourth-order valence-electron chi connectivity index (χ4n) is 3.11. The highest BCUT2D eigenvalue weighted by molar-refractivity contribution is 6.38. The summed E-state index contributed by atoms with van der Waals surface area (Å²) in [5.41, 5.74) is 2.11. The van der Waals surface area contributed by atoms with E-state index in [0.717, 1.165) is 24.2 Å². The maximum atomic E-state index is 12.5. The molecule has 138 valence electrons. The Bertz CT molecular complexity index is 1210. The van der Waals surface area contributed by atoms with Gasteiger partial charge in [-0.25, -0.2) is 9.78 Å². The van der Waals surface area contributed by atoms with E-state index >= 15 is 0 Å².